The van der Waals surface area contributed by atoms with Crippen molar-refractivity contribution in [3.63, 3.8) is 0 Å². The molecule has 0 radical (unpaired) electrons. The molecule has 1 heterocycles. The third-order valence-corrected chi connectivity index (χ3v) is 3.91. The van der Waals surface area contributed by atoms with Crippen molar-refractivity contribution < 1.29 is 14.3 Å². The van der Waals surface area contributed by atoms with Crippen LogP contribution in [-0.2, 0) is 9.53 Å². The number of halogens is 1. The van der Waals surface area contributed by atoms with Crippen molar-refractivity contribution in [3.8, 4) is 0 Å². The molecular formula is C15H18BrNO3. The zero-order valence-electron chi connectivity index (χ0n) is 11.7. The van der Waals surface area contributed by atoms with Gasteiger partial charge in [0.25, 0.3) is 11.7 Å². The number of nitrogens with zero attached hydrogens (tertiary/aromatic N) is 1. The summed E-state index contributed by atoms with van der Waals surface area (Å²) < 4.78 is 6.18. The highest BCUT2D eigenvalue weighted by atomic mass is 79.9. The van der Waals surface area contributed by atoms with E-state index in [0.717, 1.165) is 6.42 Å². The third kappa shape index (κ3) is 3.10. The summed E-state index contributed by atoms with van der Waals surface area (Å²) in [7, 11) is 0. The van der Waals surface area contributed by atoms with Gasteiger partial charge in [-0.15, -0.1) is 0 Å². The van der Waals surface area contributed by atoms with E-state index in [4.69, 9.17) is 4.74 Å². The fourth-order valence-electron chi connectivity index (χ4n) is 2.10. The summed E-state index contributed by atoms with van der Waals surface area (Å²) in [6, 6.07) is 5.38. The molecule has 0 fully saturated rings. The molecule has 1 aliphatic rings. The first-order valence-corrected chi connectivity index (χ1v) is 7.54. The van der Waals surface area contributed by atoms with Crippen molar-refractivity contribution in [3.05, 3.63) is 28.2 Å². The van der Waals surface area contributed by atoms with Crippen molar-refractivity contribution in [1.29, 1.82) is 0 Å². The van der Waals surface area contributed by atoms with Crippen molar-refractivity contribution in [2.24, 2.45) is 5.92 Å². The lowest BCUT2D eigenvalue weighted by Crippen LogP contribution is -2.33. The van der Waals surface area contributed by atoms with Crippen molar-refractivity contribution >= 4 is 33.3 Å². The molecule has 0 bridgehead atoms. The Bertz CT molecular complexity index is 528. The van der Waals surface area contributed by atoms with Crippen LogP contribution in [0.1, 0.15) is 30.6 Å². The number of anilines is 1. The topological polar surface area (TPSA) is 46.6 Å². The van der Waals surface area contributed by atoms with Gasteiger partial charge in [0.2, 0.25) is 0 Å². The van der Waals surface area contributed by atoms with E-state index in [1.165, 1.54) is 4.90 Å². The predicted molar refractivity (Wildman–Crippen MR) is 81.1 cm³/mol. The number of amides is 1. The van der Waals surface area contributed by atoms with Crippen LogP contribution in [-0.4, -0.2) is 31.4 Å². The molecule has 0 spiro atoms. The van der Waals surface area contributed by atoms with Crippen molar-refractivity contribution in [2.45, 2.75) is 20.3 Å². The summed E-state index contributed by atoms with van der Waals surface area (Å²) >= 11 is 3.32. The Labute approximate surface area is 127 Å². The number of hydrogen-bond acceptors (Lipinski definition) is 3. The number of hydrogen-bond donors (Lipinski definition) is 0. The first-order chi connectivity index (χ1) is 9.52. The van der Waals surface area contributed by atoms with E-state index in [0.29, 0.717) is 41.4 Å². The maximum Gasteiger partial charge on any atom is 0.299 e. The van der Waals surface area contributed by atoms with E-state index < -0.39 is 11.7 Å². The van der Waals surface area contributed by atoms with E-state index in [9.17, 15) is 9.59 Å². The molecule has 0 aliphatic carbocycles. The highest BCUT2D eigenvalue weighted by Crippen LogP contribution is 2.33. The molecule has 5 heteroatoms. The minimum absolute atomic E-state index is 0.409. The minimum atomic E-state index is -0.473. The number of fused-ring (bicyclic) bond motifs is 1. The predicted octanol–water partition coefficient (Wildman–Crippen LogP) is 3.04. The van der Waals surface area contributed by atoms with Gasteiger partial charge < -0.3 is 9.64 Å². The van der Waals surface area contributed by atoms with Crippen LogP contribution in [0.2, 0.25) is 0 Å². The Balaban J connectivity index is 1.98. The summed E-state index contributed by atoms with van der Waals surface area (Å²) in [6.45, 7) is 5.81. The van der Waals surface area contributed by atoms with Crippen molar-refractivity contribution in [1.82, 2.24) is 0 Å². The summed E-state index contributed by atoms with van der Waals surface area (Å²) in [6.07, 6.45) is 0.995. The van der Waals surface area contributed by atoms with Gasteiger partial charge in [-0.05, 0) is 40.4 Å². The first-order valence-electron chi connectivity index (χ1n) is 6.74. The number of carbonyl (C=O) groups excluding carboxylic acids is 2. The van der Waals surface area contributed by atoms with Gasteiger partial charge in [0.15, 0.2) is 0 Å². The summed E-state index contributed by atoms with van der Waals surface area (Å²) in [4.78, 5) is 25.4. The SMILES string of the molecule is CC(C)CCOCCN1C(=O)C(=O)c2c(Br)cccc21. The van der Waals surface area contributed by atoms with Crippen LogP contribution >= 0.6 is 15.9 Å². The molecule has 4 nitrogen and oxygen atoms in total. The number of rotatable bonds is 6. The number of Topliss-reactive ketones (excluding diaryl/α,β-unsaturated/α-hetero) is 1. The molecule has 1 amide bonds. The highest BCUT2D eigenvalue weighted by Gasteiger charge is 2.36. The molecule has 2 rings (SSSR count). The Morgan fingerprint density at radius 3 is 2.70 bits per heavy atom. The van der Waals surface area contributed by atoms with Crippen LogP contribution in [0.25, 0.3) is 0 Å². The number of ether oxygens (including phenoxy) is 1. The van der Waals surface area contributed by atoms with Crippen LogP contribution < -0.4 is 4.90 Å². The van der Waals surface area contributed by atoms with Gasteiger partial charge in [-0.25, -0.2) is 0 Å². The zero-order valence-corrected chi connectivity index (χ0v) is 13.3. The highest BCUT2D eigenvalue weighted by molar-refractivity contribution is 9.10. The van der Waals surface area contributed by atoms with Gasteiger partial charge in [0.05, 0.1) is 17.9 Å². The van der Waals surface area contributed by atoms with Gasteiger partial charge in [-0.1, -0.05) is 19.9 Å². The molecule has 0 atom stereocenters. The molecule has 1 aromatic rings. The summed E-state index contributed by atoms with van der Waals surface area (Å²) in [5.41, 5.74) is 1.13. The molecule has 1 aromatic carbocycles. The molecule has 1 aliphatic heterocycles. The second kappa shape index (κ2) is 6.50. The molecule has 108 valence electrons. The van der Waals surface area contributed by atoms with Gasteiger partial charge in [-0.3, -0.25) is 9.59 Å². The van der Waals surface area contributed by atoms with Crippen LogP contribution in [0.4, 0.5) is 5.69 Å². The Morgan fingerprint density at radius 1 is 1.25 bits per heavy atom. The van der Waals surface area contributed by atoms with Crippen LogP contribution in [0.3, 0.4) is 0 Å². The molecule has 0 saturated carbocycles. The lowest BCUT2D eigenvalue weighted by atomic mass is 10.1. The Kier molecular flexibility index (Phi) is 4.94. The second-order valence-corrected chi connectivity index (χ2v) is 6.07. The molecule has 0 saturated heterocycles. The van der Waals surface area contributed by atoms with Gasteiger partial charge >= 0.3 is 0 Å². The molecule has 0 unspecified atom stereocenters. The largest absolute Gasteiger partial charge is 0.380 e. The fourth-order valence-corrected chi connectivity index (χ4v) is 2.64. The fraction of sp³-hybridized carbons (Fsp3) is 0.467. The average Bonchev–Trinajstić information content (AvgIpc) is 2.64. The molecule has 0 aromatic heterocycles. The van der Waals surface area contributed by atoms with E-state index in [2.05, 4.69) is 29.8 Å². The normalized spacial score (nSPS) is 14.3. The van der Waals surface area contributed by atoms with Crippen LogP contribution in [0, 0.1) is 5.92 Å². The van der Waals surface area contributed by atoms with Crippen LogP contribution in [0.15, 0.2) is 22.7 Å². The number of benzene rings is 1. The zero-order chi connectivity index (χ0) is 14.7. The summed E-state index contributed by atoms with van der Waals surface area (Å²) in [5, 5.41) is 0. The lowest BCUT2D eigenvalue weighted by molar-refractivity contribution is -0.114. The smallest absolute Gasteiger partial charge is 0.299 e. The second-order valence-electron chi connectivity index (χ2n) is 5.21. The average molecular weight is 340 g/mol. The summed E-state index contributed by atoms with van der Waals surface area (Å²) in [5.74, 6) is -0.323. The maximum absolute atomic E-state index is 12.0. The van der Waals surface area contributed by atoms with Gasteiger partial charge in [-0.2, -0.15) is 0 Å². The standard InChI is InChI=1S/C15H18BrNO3/c1-10(2)6-8-20-9-7-17-12-5-3-4-11(16)13(12)14(18)15(17)19/h3-5,10H,6-9H2,1-2H3. The first kappa shape index (κ1) is 15.2. The lowest BCUT2D eigenvalue weighted by Gasteiger charge is -2.16. The van der Waals surface area contributed by atoms with E-state index in [1.807, 2.05) is 6.07 Å². The number of ketones is 1. The Morgan fingerprint density at radius 2 is 2.00 bits per heavy atom. The molecule has 0 N–H and O–H groups in total. The van der Waals surface area contributed by atoms with E-state index in [1.54, 1.807) is 12.1 Å². The minimum Gasteiger partial charge on any atom is -0.380 e. The maximum atomic E-state index is 12.0. The monoisotopic (exact) mass is 339 g/mol. The van der Waals surface area contributed by atoms with E-state index >= 15 is 0 Å². The van der Waals surface area contributed by atoms with Crippen LogP contribution in [0.5, 0.6) is 0 Å². The molecule has 20 heavy (non-hydrogen) atoms. The Hall–Kier alpha value is -1.20. The number of carbonyl (C=O) groups is 2. The quantitative estimate of drug-likeness (QED) is 0.591. The third-order valence-electron chi connectivity index (χ3n) is 3.25. The van der Waals surface area contributed by atoms with Gasteiger partial charge in [0.1, 0.15) is 0 Å². The van der Waals surface area contributed by atoms with E-state index in [-0.39, 0.29) is 0 Å². The van der Waals surface area contributed by atoms with Crippen molar-refractivity contribution in [2.75, 3.05) is 24.7 Å². The molecular weight excluding hydrogens is 322 g/mol. The van der Waals surface area contributed by atoms with Gasteiger partial charge in [0, 0.05) is 17.6 Å².